The van der Waals surface area contributed by atoms with E-state index in [0.29, 0.717) is 5.56 Å². The Bertz CT molecular complexity index is 878. The van der Waals surface area contributed by atoms with Crippen molar-refractivity contribution in [2.24, 2.45) is 0 Å². The molecular formula is C16H18N2O3. The topological polar surface area (TPSA) is 71.2 Å². The van der Waals surface area contributed by atoms with Crippen molar-refractivity contribution in [2.45, 2.75) is 26.3 Å². The minimum absolute atomic E-state index is 0.0568. The minimum Gasteiger partial charge on any atom is -0.483 e. The van der Waals surface area contributed by atoms with Gasteiger partial charge >= 0.3 is 0 Å². The Morgan fingerprint density at radius 1 is 1.38 bits per heavy atom. The average molecular weight is 293 g/mol. The highest BCUT2D eigenvalue weighted by Crippen LogP contribution is 2.12. The van der Waals surface area contributed by atoms with Crippen molar-refractivity contribution in [3.8, 4) is 5.75 Å². The van der Waals surface area contributed by atoms with E-state index in [1.165, 1.54) is 0 Å². The molecule has 0 aliphatic rings. The summed E-state index contributed by atoms with van der Waals surface area (Å²) in [7, 11) is 0. The summed E-state index contributed by atoms with van der Waals surface area (Å²) in [5, 5.41) is 1.71. The molecule has 0 spiro atoms. The van der Waals surface area contributed by atoms with Crippen LogP contribution in [-0.4, -0.2) is 16.9 Å². The fourth-order valence-electron chi connectivity index (χ4n) is 1.68. The number of H-pyrrole nitrogens is 1. The van der Waals surface area contributed by atoms with E-state index in [1.807, 2.05) is 0 Å². The van der Waals surface area contributed by atoms with E-state index >= 15 is 0 Å². The maximum absolute atomic E-state index is 12.6. The molecule has 21 heavy (non-hydrogen) atoms. The first-order valence-electron chi connectivity index (χ1n) is 9.58. The van der Waals surface area contributed by atoms with Gasteiger partial charge in [-0.3, -0.25) is 9.59 Å². The monoisotopic (exact) mass is 293 g/mol. The highest BCUT2D eigenvalue weighted by atomic mass is 16.5. The van der Waals surface area contributed by atoms with E-state index < -0.39 is 42.5 Å². The molecule has 2 N–H and O–H groups in total. The summed E-state index contributed by atoms with van der Waals surface area (Å²) in [6.45, 7) is -6.76. The highest BCUT2D eigenvalue weighted by Gasteiger charge is 2.16. The number of benzene rings is 1. The third-order valence-corrected chi connectivity index (χ3v) is 2.60. The van der Waals surface area contributed by atoms with Gasteiger partial charge in [0.1, 0.15) is 6.61 Å². The largest absolute Gasteiger partial charge is 0.483 e. The summed E-state index contributed by atoms with van der Waals surface area (Å²) in [6.07, 6.45) is 1.13. The first-order valence-corrected chi connectivity index (χ1v) is 6.08. The van der Waals surface area contributed by atoms with Gasteiger partial charge in [-0.2, -0.15) is 0 Å². The first kappa shape index (κ1) is 8.02. The molecule has 2 rings (SSSR count). The smallest absolute Gasteiger partial charge is 0.271 e. The first-order chi connectivity index (χ1) is 12.9. The normalized spacial score (nSPS) is 17.0. The van der Waals surface area contributed by atoms with Crippen molar-refractivity contribution in [2.75, 3.05) is 0 Å². The molecule has 0 unspecified atom stereocenters. The number of amides is 1. The molecule has 0 radical (unpaired) electrons. The standard InChI is InChI=1S/C16H18N2O3/c1-11(2)18-16(20)14-15(13(19)8-9-17-14)21-10-12-6-4-3-5-7-12/h3-9,11H,10H2,1-2H3,(H,17,19)(H,18,20)/i1D3,2D3,11D. The fourth-order valence-corrected chi connectivity index (χ4v) is 1.68. The lowest BCUT2D eigenvalue weighted by Crippen LogP contribution is -2.32. The van der Waals surface area contributed by atoms with E-state index in [1.54, 1.807) is 35.6 Å². The third-order valence-electron chi connectivity index (χ3n) is 2.60. The van der Waals surface area contributed by atoms with Gasteiger partial charge in [0.25, 0.3) is 5.91 Å². The van der Waals surface area contributed by atoms with Crippen LogP contribution in [0.25, 0.3) is 0 Å². The van der Waals surface area contributed by atoms with Gasteiger partial charge in [-0.25, -0.2) is 0 Å². The van der Waals surface area contributed by atoms with E-state index in [4.69, 9.17) is 14.3 Å². The molecule has 2 aromatic rings. The molecule has 1 aromatic carbocycles. The van der Waals surface area contributed by atoms with Crippen LogP contribution in [0.2, 0.25) is 0 Å². The zero-order valence-electron chi connectivity index (χ0n) is 18.0. The second kappa shape index (κ2) is 6.74. The average Bonchev–Trinajstić information content (AvgIpc) is 2.59. The molecule has 1 heterocycles. The van der Waals surface area contributed by atoms with Crippen molar-refractivity contribution in [3.63, 3.8) is 0 Å². The van der Waals surface area contributed by atoms with Crippen LogP contribution in [0, 0.1) is 0 Å². The van der Waals surface area contributed by atoms with Crippen molar-refractivity contribution in [1.29, 1.82) is 0 Å². The number of hydrogen-bond acceptors (Lipinski definition) is 3. The Hall–Kier alpha value is -2.56. The summed E-state index contributed by atoms with van der Waals surface area (Å²) in [5.41, 5.74) is -0.441. The predicted molar refractivity (Wildman–Crippen MR) is 80.4 cm³/mol. The molecule has 110 valence electrons. The quantitative estimate of drug-likeness (QED) is 0.886. The molecule has 0 aliphatic carbocycles. The van der Waals surface area contributed by atoms with Gasteiger partial charge in [0.2, 0.25) is 5.43 Å². The summed E-state index contributed by atoms with van der Waals surface area (Å²) in [5.74, 6) is -1.68. The van der Waals surface area contributed by atoms with Crippen molar-refractivity contribution < 1.29 is 19.1 Å². The third kappa shape index (κ3) is 3.95. The van der Waals surface area contributed by atoms with Crippen molar-refractivity contribution in [1.82, 2.24) is 10.3 Å². The molecule has 1 amide bonds. The number of aromatic amines is 1. The molecule has 0 bridgehead atoms. The van der Waals surface area contributed by atoms with Gasteiger partial charge in [-0.1, -0.05) is 30.3 Å². The minimum atomic E-state index is -3.35. The molecule has 5 nitrogen and oxygen atoms in total. The zero-order valence-corrected chi connectivity index (χ0v) is 11.0. The Balaban J connectivity index is 2.35. The van der Waals surface area contributed by atoms with E-state index in [9.17, 15) is 9.59 Å². The Kier molecular flexibility index (Phi) is 2.58. The lowest BCUT2D eigenvalue weighted by molar-refractivity contribution is 0.0932. The van der Waals surface area contributed by atoms with E-state index in [2.05, 4.69) is 4.98 Å². The number of rotatable bonds is 5. The van der Waals surface area contributed by atoms with E-state index in [0.717, 1.165) is 12.3 Å². The van der Waals surface area contributed by atoms with Gasteiger partial charge in [0.15, 0.2) is 11.4 Å². The summed E-state index contributed by atoms with van der Waals surface area (Å²) >= 11 is 0. The second-order valence-electron chi connectivity index (χ2n) is 4.15. The number of aromatic nitrogens is 1. The van der Waals surface area contributed by atoms with Crippen LogP contribution in [0.15, 0.2) is 47.4 Å². The molecule has 5 heteroatoms. The molecule has 0 aliphatic heterocycles. The van der Waals surface area contributed by atoms with Crippen LogP contribution in [0.3, 0.4) is 0 Å². The molecular weight excluding hydrogens is 268 g/mol. The van der Waals surface area contributed by atoms with Gasteiger partial charge in [0, 0.05) is 26.5 Å². The Morgan fingerprint density at radius 2 is 2.14 bits per heavy atom. The second-order valence-corrected chi connectivity index (χ2v) is 4.15. The van der Waals surface area contributed by atoms with Crippen LogP contribution < -0.4 is 15.5 Å². The Morgan fingerprint density at radius 3 is 2.86 bits per heavy atom. The van der Waals surface area contributed by atoms with Crippen molar-refractivity contribution >= 4 is 5.91 Å². The Labute approximate surface area is 132 Å². The lowest BCUT2D eigenvalue weighted by atomic mass is 10.2. The number of pyridine rings is 1. The molecule has 1 aromatic heterocycles. The molecule has 0 atom stereocenters. The maximum Gasteiger partial charge on any atom is 0.271 e. The maximum atomic E-state index is 12.6. The fraction of sp³-hybridized carbons (Fsp3) is 0.250. The van der Waals surface area contributed by atoms with Crippen LogP contribution >= 0.6 is 0 Å². The predicted octanol–water partition coefficient (Wildman–Crippen LogP) is 2.09. The van der Waals surface area contributed by atoms with Gasteiger partial charge in [-0.15, -0.1) is 0 Å². The SMILES string of the molecule is [2H]C([2H])([2H])C([2H])(NC(=O)c1[nH]ccc(=O)c1OCc1ccccc1)C([2H])([2H])[2H]. The highest BCUT2D eigenvalue weighted by molar-refractivity contribution is 5.94. The number of carbonyl (C=O) groups excluding carboxylic acids is 1. The van der Waals surface area contributed by atoms with Gasteiger partial charge in [0.05, 0.1) is 1.37 Å². The van der Waals surface area contributed by atoms with Crippen LogP contribution in [0.5, 0.6) is 5.75 Å². The summed E-state index contributed by atoms with van der Waals surface area (Å²) < 4.78 is 57.4. The van der Waals surface area contributed by atoms with Crippen LogP contribution in [-0.2, 0) is 6.61 Å². The van der Waals surface area contributed by atoms with Crippen LogP contribution in [0.1, 0.15) is 39.4 Å². The lowest BCUT2D eigenvalue weighted by Gasteiger charge is -2.12. The van der Waals surface area contributed by atoms with Gasteiger partial charge < -0.3 is 15.0 Å². The zero-order chi connectivity index (χ0) is 21.2. The molecule has 0 saturated heterocycles. The van der Waals surface area contributed by atoms with Crippen LogP contribution in [0.4, 0.5) is 0 Å². The van der Waals surface area contributed by atoms with Crippen molar-refractivity contribution in [3.05, 3.63) is 64.1 Å². The number of ether oxygens (including phenoxy) is 1. The summed E-state index contributed by atoms with van der Waals surface area (Å²) in [6, 6.07) is 6.57. The van der Waals surface area contributed by atoms with E-state index in [-0.39, 0.29) is 6.61 Å². The molecule has 0 saturated carbocycles. The number of carbonyl (C=O) groups is 1. The molecule has 0 fully saturated rings. The summed E-state index contributed by atoms with van der Waals surface area (Å²) in [4.78, 5) is 27.1. The number of nitrogens with one attached hydrogen (secondary N) is 2. The van der Waals surface area contributed by atoms with Gasteiger partial charge in [-0.05, 0) is 19.3 Å². The number of hydrogen-bond donors (Lipinski definition) is 2.